The molecule has 0 atom stereocenters. The third-order valence-corrected chi connectivity index (χ3v) is 4.29. The fraction of sp³-hybridized carbons (Fsp3) is 0.190. The van der Waals surface area contributed by atoms with Crippen LogP contribution in [0.25, 0.3) is 0 Å². The van der Waals surface area contributed by atoms with Gasteiger partial charge in [-0.15, -0.1) is 0 Å². The third kappa shape index (κ3) is 4.20. The number of amides is 1. The summed E-state index contributed by atoms with van der Waals surface area (Å²) in [5.74, 6) is 1.48. The van der Waals surface area contributed by atoms with Crippen LogP contribution in [0.1, 0.15) is 21.5 Å². The molecule has 142 valence electrons. The van der Waals surface area contributed by atoms with Crippen LogP contribution in [0.2, 0.25) is 0 Å². The van der Waals surface area contributed by atoms with Gasteiger partial charge >= 0.3 is 0 Å². The number of benzene rings is 2. The zero-order valence-electron chi connectivity index (χ0n) is 15.4. The Bertz CT molecular complexity index is 972. The van der Waals surface area contributed by atoms with Crippen LogP contribution in [0.3, 0.4) is 0 Å². The fourth-order valence-corrected chi connectivity index (χ4v) is 2.75. The number of hydrogen-bond donors (Lipinski definition) is 2. The van der Waals surface area contributed by atoms with Gasteiger partial charge in [-0.1, -0.05) is 29.8 Å². The molecule has 28 heavy (non-hydrogen) atoms. The molecule has 2 aromatic carbocycles. The number of aromatic nitrogens is 2. The van der Waals surface area contributed by atoms with E-state index in [0.717, 1.165) is 5.56 Å². The quantitative estimate of drug-likeness (QED) is 0.710. The minimum atomic E-state index is -0.290. The summed E-state index contributed by atoms with van der Waals surface area (Å²) in [6.45, 7) is 3.69. The highest BCUT2D eigenvalue weighted by Gasteiger charge is 2.14. The molecule has 0 saturated heterocycles. The number of fused-ring (bicyclic) bond motifs is 1. The zero-order chi connectivity index (χ0) is 19.3. The second kappa shape index (κ2) is 7.96. The summed E-state index contributed by atoms with van der Waals surface area (Å²) in [5, 5.41) is 5.96. The number of nitrogens with zero attached hydrogens (tertiary/aromatic N) is 2. The molecule has 0 spiro atoms. The summed E-state index contributed by atoms with van der Waals surface area (Å²) in [6.07, 6.45) is 3.00. The van der Waals surface area contributed by atoms with Gasteiger partial charge in [-0.05, 0) is 24.6 Å². The molecule has 0 unspecified atom stereocenters. The molecule has 0 aliphatic carbocycles. The maximum Gasteiger partial charge on any atom is 0.258 e. The van der Waals surface area contributed by atoms with Crippen molar-refractivity contribution in [3.05, 3.63) is 71.5 Å². The summed E-state index contributed by atoms with van der Waals surface area (Å²) in [4.78, 5) is 20.9. The van der Waals surface area contributed by atoms with Gasteiger partial charge in [0.1, 0.15) is 13.2 Å². The summed E-state index contributed by atoms with van der Waals surface area (Å²) >= 11 is 0. The SMILES string of the molecule is Cc1ccc(CNc2ncc(C(=O)Nc3ccc4c(c3)OCCO4)cn2)cc1. The molecule has 4 rings (SSSR count). The molecule has 1 amide bonds. The largest absolute Gasteiger partial charge is 0.486 e. The Kier molecular flexibility index (Phi) is 5.05. The Morgan fingerprint density at radius 1 is 1.00 bits per heavy atom. The molecule has 7 nitrogen and oxygen atoms in total. The van der Waals surface area contributed by atoms with E-state index in [2.05, 4.69) is 51.8 Å². The van der Waals surface area contributed by atoms with Crippen LogP contribution in [0.4, 0.5) is 11.6 Å². The number of carbonyl (C=O) groups excluding carboxylic acids is 1. The van der Waals surface area contributed by atoms with Crippen molar-refractivity contribution in [3.8, 4) is 11.5 Å². The van der Waals surface area contributed by atoms with Crippen LogP contribution in [-0.4, -0.2) is 29.1 Å². The molecule has 0 saturated carbocycles. The number of rotatable bonds is 5. The van der Waals surface area contributed by atoms with Crippen molar-refractivity contribution in [3.63, 3.8) is 0 Å². The first-order valence-corrected chi connectivity index (χ1v) is 9.00. The minimum absolute atomic E-state index is 0.290. The predicted octanol–water partition coefficient (Wildman–Crippen LogP) is 3.42. The number of ether oxygens (including phenoxy) is 2. The van der Waals surface area contributed by atoms with Crippen molar-refractivity contribution in [1.29, 1.82) is 0 Å². The third-order valence-electron chi connectivity index (χ3n) is 4.29. The topological polar surface area (TPSA) is 85.4 Å². The summed E-state index contributed by atoms with van der Waals surface area (Å²) in [6, 6.07) is 13.5. The van der Waals surface area contributed by atoms with Gasteiger partial charge in [-0.2, -0.15) is 0 Å². The Morgan fingerprint density at radius 2 is 1.71 bits per heavy atom. The standard InChI is InChI=1S/C21H20N4O3/c1-14-2-4-15(5-3-14)11-22-21-23-12-16(13-24-21)20(26)25-17-6-7-18-19(10-17)28-9-8-27-18/h2-7,10,12-13H,8-9,11H2,1H3,(H,25,26)(H,22,23,24). The Hall–Kier alpha value is -3.61. The van der Waals surface area contributed by atoms with E-state index in [9.17, 15) is 4.79 Å². The van der Waals surface area contributed by atoms with Crippen molar-refractivity contribution in [2.75, 3.05) is 23.8 Å². The van der Waals surface area contributed by atoms with E-state index in [-0.39, 0.29) is 5.91 Å². The molecule has 1 aromatic heterocycles. The van der Waals surface area contributed by atoms with Crippen LogP contribution in [-0.2, 0) is 6.54 Å². The second-order valence-electron chi connectivity index (χ2n) is 6.45. The predicted molar refractivity (Wildman–Crippen MR) is 106 cm³/mol. The lowest BCUT2D eigenvalue weighted by molar-refractivity contribution is 0.102. The van der Waals surface area contributed by atoms with E-state index in [0.29, 0.717) is 48.5 Å². The normalized spacial score (nSPS) is 12.3. The highest BCUT2D eigenvalue weighted by atomic mass is 16.6. The lowest BCUT2D eigenvalue weighted by atomic mass is 10.1. The average molecular weight is 376 g/mol. The second-order valence-corrected chi connectivity index (χ2v) is 6.45. The molecular formula is C21H20N4O3. The average Bonchev–Trinajstić information content (AvgIpc) is 2.73. The smallest absolute Gasteiger partial charge is 0.258 e. The molecule has 0 radical (unpaired) electrons. The van der Waals surface area contributed by atoms with E-state index >= 15 is 0 Å². The Balaban J connectivity index is 1.36. The number of aryl methyl sites for hydroxylation is 1. The lowest BCUT2D eigenvalue weighted by Crippen LogP contribution is -2.16. The Morgan fingerprint density at radius 3 is 2.46 bits per heavy atom. The van der Waals surface area contributed by atoms with Crippen molar-refractivity contribution in [2.45, 2.75) is 13.5 Å². The first-order chi connectivity index (χ1) is 13.7. The molecule has 0 bridgehead atoms. The van der Waals surface area contributed by atoms with Crippen molar-refractivity contribution in [1.82, 2.24) is 9.97 Å². The fourth-order valence-electron chi connectivity index (χ4n) is 2.75. The summed E-state index contributed by atoms with van der Waals surface area (Å²) < 4.78 is 11.0. The van der Waals surface area contributed by atoms with Crippen molar-refractivity contribution < 1.29 is 14.3 Å². The van der Waals surface area contributed by atoms with E-state index in [4.69, 9.17) is 9.47 Å². The van der Waals surface area contributed by atoms with Gasteiger partial charge in [0, 0.05) is 30.7 Å². The molecule has 1 aliphatic rings. The van der Waals surface area contributed by atoms with Crippen LogP contribution in [0.15, 0.2) is 54.9 Å². The number of carbonyl (C=O) groups is 1. The maximum atomic E-state index is 12.4. The Labute approximate surface area is 162 Å². The summed E-state index contributed by atoms with van der Waals surface area (Å²) in [5.41, 5.74) is 3.34. The van der Waals surface area contributed by atoms with E-state index in [1.807, 2.05) is 0 Å². The highest BCUT2D eigenvalue weighted by Crippen LogP contribution is 2.32. The van der Waals surface area contributed by atoms with Crippen LogP contribution >= 0.6 is 0 Å². The van der Waals surface area contributed by atoms with Gasteiger partial charge in [0.15, 0.2) is 11.5 Å². The van der Waals surface area contributed by atoms with Gasteiger partial charge < -0.3 is 20.1 Å². The van der Waals surface area contributed by atoms with E-state index in [1.54, 1.807) is 18.2 Å². The number of nitrogens with one attached hydrogen (secondary N) is 2. The molecular weight excluding hydrogens is 356 g/mol. The van der Waals surface area contributed by atoms with E-state index in [1.165, 1.54) is 18.0 Å². The van der Waals surface area contributed by atoms with Gasteiger partial charge in [0.2, 0.25) is 5.95 Å². The van der Waals surface area contributed by atoms with Gasteiger partial charge in [-0.25, -0.2) is 9.97 Å². The monoisotopic (exact) mass is 376 g/mol. The zero-order valence-corrected chi connectivity index (χ0v) is 15.4. The maximum absolute atomic E-state index is 12.4. The lowest BCUT2D eigenvalue weighted by Gasteiger charge is -2.19. The van der Waals surface area contributed by atoms with Gasteiger partial charge in [0.25, 0.3) is 5.91 Å². The molecule has 0 fully saturated rings. The minimum Gasteiger partial charge on any atom is -0.486 e. The van der Waals surface area contributed by atoms with E-state index < -0.39 is 0 Å². The molecule has 1 aliphatic heterocycles. The summed E-state index contributed by atoms with van der Waals surface area (Å²) in [7, 11) is 0. The van der Waals surface area contributed by atoms with Gasteiger partial charge in [0.05, 0.1) is 5.56 Å². The van der Waals surface area contributed by atoms with Crippen molar-refractivity contribution in [2.24, 2.45) is 0 Å². The molecule has 2 N–H and O–H groups in total. The van der Waals surface area contributed by atoms with Crippen LogP contribution in [0, 0.1) is 6.92 Å². The first kappa shape index (κ1) is 17.8. The van der Waals surface area contributed by atoms with Crippen LogP contribution in [0.5, 0.6) is 11.5 Å². The first-order valence-electron chi connectivity index (χ1n) is 9.00. The molecule has 7 heteroatoms. The number of hydrogen-bond acceptors (Lipinski definition) is 6. The molecule has 2 heterocycles. The van der Waals surface area contributed by atoms with Gasteiger partial charge in [-0.3, -0.25) is 4.79 Å². The van der Waals surface area contributed by atoms with Crippen molar-refractivity contribution >= 4 is 17.5 Å². The molecule has 3 aromatic rings. The number of anilines is 2. The van der Waals surface area contributed by atoms with Crippen LogP contribution < -0.4 is 20.1 Å². The highest BCUT2D eigenvalue weighted by molar-refractivity contribution is 6.04.